The van der Waals surface area contributed by atoms with Gasteiger partial charge in [-0.2, -0.15) is 0 Å². The quantitative estimate of drug-likeness (QED) is 0.788. The van der Waals surface area contributed by atoms with Crippen molar-refractivity contribution in [3.8, 4) is 0 Å². The number of nitrogens with one attached hydrogen (secondary N) is 1. The molecule has 1 aliphatic carbocycles. The molecule has 1 saturated carbocycles. The van der Waals surface area contributed by atoms with Gasteiger partial charge in [0.05, 0.1) is 11.0 Å². The fourth-order valence-corrected chi connectivity index (χ4v) is 3.70. The predicted octanol–water partition coefficient (Wildman–Crippen LogP) is 4.69. The van der Waals surface area contributed by atoms with Crippen LogP contribution in [0, 0.1) is 28.4 Å². The topological polar surface area (TPSA) is 20.7 Å². The minimum Gasteiger partial charge on any atom is -0.331 e. The van der Waals surface area contributed by atoms with E-state index >= 15 is 0 Å². The molecule has 0 bridgehead atoms. The SMILES string of the molecule is Cc1ccc2[nH]c(=S)n(CC3C(C)(C)C3(C)C)c2c1. The maximum atomic E-state index is 5.50. The van der Waals surface area contributed by atoms with Gasteiger partial charge in [-0.05, 0) is 53.6 Å². The van der Waals surface area contributed by atoms with E-state index in [9.17, 15) is 0 Å². The summed E-state index contributed by atoms with van der Waals surface area (Å²) in [4.78, 5) is 3.32. The van der Waals surface area contributed by atoms with Crippen molar-refractivity contribution in [1.29, 1.82) is 0 Å². The van der Waals surface area contributed by atoms with Crippen LogP contribution in [0.2, 0.25) is 0 Å². The van der Waals surface area contributed by atoms with Crippen molar-refractivity contribution in [3.63, 3.8) is 0 Å². The number of imidazole rings is 1. The van der Waals surface area contributed by atoms with E-state index in [0.29, 0.717) is 16.7 Å². The van der Waals surface area contributed by atoms with Crippen LogP contribution in [0.3, 0.4) is 0 Å². The summed E-state index contributed by atoms with van der Waals surface area (Å²) in [5.74, 6) is 0.686. The summed E-state index contributed by atoms with van der Waals surface area (Å²) in [5.41, 5.74) is 4.46. The van der Waals surface area contributed by atoms with Gasteiger partial charge >= 0.3 is 0 Å². The van der Waals surface area contributed by atoms with Gasteiger partial charge < -0.3 is 9.55 Å². The molecule has 0 aliphatic heterocycles. The summed E-state index contributed by atoms with van der Waals surface area (Å²) in [7, 11) is 0. The molecule has 19 heavy (non-hydrogen) atoms. The van der Waals surface area contributed by atoms with Crippen molar-refractivity contribution in [2.75, 3.05) is 0 Å². The zero-order chi connectivity index (χ0) is 14.0. The lowest BCUT2D eigenvalue weighted by Crippen LogP contribution is -2.04. The van der Waals surface area contributed by atoms with Crippen LogP contribution in [0.25, 0.3) is 11.0 Å². The molecule has 0 unspecified atom stereocenters. The number of benzene rings is 1. The molecule has 0 amide bonds. The molecule has 102 valence electrons. The van der Waals surface area contributed by atoms with E-state index in [1.165, 1.54) is 11.1 Å². The molecule has 1 fully saturated rings. The van der Waals surface area contributed by atoms with Gasteiger partial charge in [0, 0.05) is 6.54 Å². The molecule has 3 rings (SSSR count). The third kappa shape index (κ3) is 1.71. The van der Waals surface area contributed by atoms with Crippen molar-refractivity contribution in [2.45, 2.75) is 41.2 Å². The molecule has 1 aromatic heterocycles. The van der Waals surface area contributed by atoms with Gasteiger partial charge in [-0.1, -0.05) is 33.8 Å². The van der Waals surface area contributed by atoms with Crippen LogP contribution in [-0.4, -0.2) is 9.55 Å². The van der Waals surface area contributed by atoms with Crippen molar-refractivity contribution in [3.05, 3.63) is 28.5 Å². The first-order valence-electron chi connectivity index (χ1n) is 6.94. The highest BCUT2D eigenvalue weighted by Gasteiger charge is 2.64. The molecule has 2 nitrogen and oxygen atoms in total. The Hall–Kier alpha value is -1.09. The second-order valence-corrected chi connectivity index (χ2v) is 7.44. The predicted molar refractivity (Wildman–Crippen MR) is 82.9 cm³/mol. The van der Waals surface area contributed by atoms with Gasteiger partial charge in [0.25, 0.3) is 0 Å². The third-order valence-electron chi connectivity index (χ3n) is 5.62. The van der Waals surface area contributed by atoms with Gasteiger partial charge in [-0.15, -0.1) is 0 Å². The summed E-state index contributed by atoms with van der Waals surface area (Å²) in [5, 5.41) is 0. The van der Waals surface area contributed by atoms with Gasteiger partial charge in [0.1, 0.15) is 0 Å². The van der Waals surface area contributed by atoms with Crippen LogP contribution in [-0.2, 0) is 6.54 Å². The van der Waals surface area contributed by atoms with Crippen molar-refractivity contribution in [2.24, 2.45) is 16.7 Å². The van der Waals surface area contributed by atoms with Gasteiger partial charge in [-0.25, -0.2) is 0 Å². The smallest absolute Gasteiger partial charge is 0.178 e. The van der Waals surface area contributed by atoms with E-state index in [4.69, 9.17) is 12.2 Å². The first kappa shape index (κ1) is 12.9. The number of nitrogens with zero attached hydrogens (tertiary/aromatic N) is 1. The minimum atomic E-state index is 0.398. The van der Waals surface area contributed by atoms with E-state index < -0.39 is 0 Å². The number of fused-ring (bicyclic) bond motifs is 1. The van der Waals surface area contributed by atoms with Gasteiger partial charge in [0.2, 0.25) is 0 Å². The monoisotopic (exact) mass is 274 g/mol. The highest BCUT2D eigenvalue weighted by atomic mass is 32.1. The Bertz CT molecular complexity index is 689. The summed E-state index contributed by atoms with van der Waals surface area (Å²) in [6, 6.07) is 6.48. The van der Waals surface area contributed by atoms with E-state index in [0.717, 1.165) is 16.8 Å². The molecule has 2 aromatic rings. The first-order chi connectivity index (χ1) is 8.75. The molecule has 1 heterocycles. The van der Waals surface area contributed by atoms with Crippen LogP contribution >= 0.6 is 12.2 Å². The number of rotatable bonds is 2. The summed E-state index contributed by atoms with van der Waals surface area (Å²) in [6.07, 6.45) is 0. The van der Waals surface area contributed by atoms with E-state index in [-0.39, 0.29) is 0 Å². The molecule has 1 aliphatic rings. The molecule has 0 spiro atoms. The van der Waals surface area contributed by atoms with Crippen molar-refractivity contribution < 1.29 is 0 Å². The fraction of sp³-hybridized carbons (Fsp3) is 0.562. The lowest BCUT2D eigenvalue weighted by atomic mass is 10.0. The Kier molecular flexibility index (Phi) is 2.53. The highest BCUT2D eigenvalue weighted by Crippen LogP contribution is 2.68. The fourth-order valence-electron chi connectivity index (χ4n) is 3.42. The summed E-state index contributed by atoms with van der Waals surface area (Å²) in [6.45, 7) is 12.6. The van der Waals surface area contributed by atoms with Gasteiger partial charge in [-0.3, -0.25) is 0 Å². The maximum absolute atomic E-state index is 5.50. The number of aromatic nitrogens is 2. The molecule has 0 atom stereocenters. The van der Waals surface area contributed by atoms with Gasteiger partial charge in [0.15, 0.2) is 4.77 Å². The number of hydrogen-bond donors (Lipinski definition) is 1. The molecule has 1 N–H and O–H groups in total. The molecular formula is C16H22N2S. The number of aromatic amines is 1. The third-order valence-corrected chi connectivity index (χ3v) is 5.94. The lowest BCUT2D eigenvalue weighted by Gasteiger charge is -2.06. The Morgan fingerprint density at radius 3 is 2.42 bits per heavy atom. The zero-order valence-electron chi connectivity index (χ0n) is 12.4. The van der Waals surface area contributed by atoms with Crippen LogP contribution in [0.15, 0.2) is 18.2 Å². The Balaban J connectivity index is 2.05. The molecule has 0 saturated heterocycles. The van der Waals surface area contributed by atoms with Crippen LogP contribution in [0.4, 0.5) is 0 Å². The largest absolute Gasteiger partial charge is 0.331 e. The second-order valence-electron chi connectivity index (χ2n) is 7.06. The highest BCUT2D eigenvalue weighted by molar-refractivity contribution is 7.71. The van der Waals surface area contributed by atoms with E-state index in [1.807, 2.05) is 0 Å². The lowest BCUT2D eigenvalue weighted by molar-refractivity contribution is 0.457. The first-order valence-corrected chi connectivity index (χ1v) is 7.35. The van der Waals surface area contributed by atoms with Crippen LogP contribution in [0.1, 0.15) is 33.3 Å². The number of aryl methyl sites for hydroxylation is 1. The van der Waals surface area contributed by atoms with Crippen LogP contribution < -0.4 is 0 Å². The van der Waals surface area contributed by atoms with Crippen LogP contribution in [0.5, 0.6) is 0 Å². The minimum absolute atomic E-state index is 0.398. The van der Waals surface area contributed by atoms with Crippen molar-refractivity contribution in [1.82, 2.24) is 9.55 Å². The average molecular weight is 274 g/mol. The van der Waals surface area contributed by atoms with E-state index in [2.05, 4.69) is 62.4 Å². The van der Waals surface area contributed by atoms with E-state index in [1.54, 1.807) is 0 Å². The maximum Gasteiger partial charge on any atom is 0.178 e. The Labute approximate surface area is 119 Å². The number of H-pyrrole nitrogens is 1. The number of hydrogen-bond acceptors (Lipinski definition) is 1. The molecule has 0 radical (unpaired) electrons. The summed E-state index contributed by atoms with van der Waals surface area (Å²) >= 11 is 5.50. The van der Waals surface area contributed by atoms with Crippen molar-refractivity contribution >= 4 is 23.3 Å². The Morgan fingerprint density at radius 2 is 1.84 bits per heavy atom. The molecular weight excluding hydrogens is 252 g/mol. The zero-order valence-corrected chi connectivity index (χ0v) is 13.2. The second kappa shape index (κ2) is 3.72. The summed E-state index contributed by atoms with van der Waals surface area (Å²) < 4.78 is 3.12. The average Bonchev–Trinajstić information content (AvgIpc) is 2.58. The normalized spacial score (nSPS) is 20.9. The molecule has 3 heteroatoms. The molecule has 1 aromatic carbocycles. The standard InChI is InChI=1S/C16H22N2S/c1-10-6-7-11-12(8-10)18(14(19)17-11)9-13-15(2,3)16(13,4)5/h6-8,13H,9H2,1-5H3,(H,17,19). The Morgan fingerprint density at radius 1 is 1.21 bits per heavy atom.